The number of rotatable bonds is 2. The van der Waals surface area contributed by atoms with Crippen molar-refractivity contribution in [3.8, 4) is 0 Å². The van der Waals surface area contributed by atoms with E-state index in [1.165, 1.54) is 0 Å². The molecular formula is C16H19N3O3. The van der Waals surface area contributed by atoms with Gasteiger partial charge in [0.05, 0.1) is 10.9 Å². The Kier molecular flexibility index (Phi) is 3.83. The van der Waals surface area contributed by atoms with Crippen LogP contribution in [0.5, 0.6) is 0 Å². The summed E-state index contributed by atoms with van der Waals surface area (Å²) in [6, 6.07) is 6.04. The monoisotopic (exact) mass is 301 g/mol. The number of aromatic nitrogens is 2. The Hall–Kier alpha value is -2.37. The van der Waals surface area contributed by atoms with Crippen molar-refractivity contribution in [3.05, 3.63) is 45.1 Å². The lowest BCUT2D eigenvalue weighted by Gasteiger charge is -2.29. The molecule has 1 atom stereocenters. The topological polar surface area (TPSA) is 75.2 Å². The zero-order valence-electron chi connectivity index (χ0n) is 12.5. The van der Waals surface area contributed by atoms with Gasteiger partial charge in [-0.25, -0.2) is 9.36 Å². The molecule has 116 valence electrons. The number of carbonyl (C=O) groups excluding carboxylic acids is 1. The smallest absolute Gasteiger partial charge is 0.329 e. The van der Waals surface area contributed by atoms with Crippen molar-refractivity contribution in [2.75, 3.05) is 13.1 Å². The Morgan fingerprint density at radius 3 is 2.55 bits per heavy atom. The minimum atomic E-state index is -0.793. The van der Waals surface area contributed by atoms with Crippen LogP contribution in [0.2, 0.25) is 0 Å². The van der Waals surface area contributed by atoms with Gasteiger partial charge in [0, 0.05) is 13.1 Å². The quantitative estimate of drug-likeness (QED) is 0.907. The molecule has 0 saturated carbocycles. The molecule has 1 aliphatic heterocycles. The molecule has 0 aliphatic carbocycles. The van der Waals surface area contributed by atoms with Gasteiger partial charge in [-0.2, -0.15) is 0 Å². The van der Waals surface area contributed by atoms with Gasteiger partial charge in [-0.1, -0.05) is 12.1 Å². The number of nitrogens with zero attached hydrogens (tertiary/aromatic N) is 2. The van der Waals surface area contributed by atoms with E-state index in [9.17, 15) is 14.4 Å². The van der Waals surface area contributed by atoms with Gasteiger partial charge in [0.2, 0.25) is 5.91 Å². The Balaban J connectivity index is 2.03. The first-order valence-electron chi connectivity index (χ1n) is 7.62. The molecule has 3 rings (SSSR count). The second-order valence-corrected chi connectivity index (χ2v) is 5.71. The molecule has 0 bridgehead atoms. The summed E-state index contributed by atoms with van der Waals surface area (Å²) in [7, 11) is 0. The molecular weight excluding hydrogens is 282 g/mol. The van der Waals surface area contributed by atoms with Gasteiger partial charge in [-0.3, -0.25) is 9.59 Å². The van der Waals surface area contributed by atoms with Crippen LogP contribution in [0.15, 0.2) is 33.9 Å². The third kappa shape index (κ3) is 2.45. The Morgan fingerprint density at radius 2 is 1.82 bits per heavy atom. The summed E-state index contributed by atoms with van der Waals surface area (Å²) in [5.74, 6) is -0.164. The van der Waals surface area contributed by atoms with Crippen LogP contribution >= 0.6 is 0 Å². The van der Waals surface area contributed by atoms with Crippen molar-refractivity contribution >= 4 is 16.8 Å². The van der Waals surface area contributed by atoms with Crippen LogP contribution in [0.3, 0.4) is 0 Å². The normalized spacial score (nSPS) is 16.7. The molecule has 0 spiro atoms. The maximum Gasteiger partial charge on any atom is 0.329 e. The number of aromatic amines is 1. The number of piperidine rings is 1. The minimum absolute atomic E-state index is 0.164. The fourth-order valence-electron chi connectivity index (χ4n) is 3.02. The fraction of sp³-hybridized carbons (Fsp3) is 0.438. The molecule has 6 nitrogen and oxygen atoms in total. The number of carbonyl (C=O) groups is 1. The zero-order valence-corrected chi connectivity index (χ0v) is 12.5. The molecule has 1 aliphatic rings. The summed E-state index contributed by atoms with van der Waals surface area (Å²) in [6.07, 6.45) is 3.07. The van der Waals surface area contributed by atoms with Gasteiger partial charge in [0.1, 0.15) is 6.04 Å². The van der Waals surface area contributed by atoms with Crippen LogP contribution in [-0.4, -0.2) is 33.4 Å². The van der Waals surface area contributed by atoms with Crippen molar-refractivity contribution < 1.29 is 4.79 Å². The number of hydrogen-bond donors (Lipinski definition) is 1. The maximum atomic E-state index is 12.6. The van der Waals surface area contributed by atoms with Crippen LogP contribution in [0.1, 0.15) is 32.2 Å². The number of benzene rings is 1. The molecule has 2 aromatic rings. The van der Waals surface area contributed by atoms with Gasteiger partial charge in [0.25, 0.3) is 5.56 Å². The van der Waals surface area contributed by atoms with Crippen LogP contribution in [0, 0.1) is 0 Å². The highest BCUT2D eigenvalue weighted by Gasteiger charge is 2.26. The number of hydrogen-bond acceptors (Lipinski definition) is 3. The second kappa shape index (κ2) is 5.79. The summed E-state index contributed by atoms with van der Waals surface area (Å²) in [6.45, 7) is 3.01. The SMILES string of the molecule is CC(C(=O)N1CCCCC1)n1c(=O)[nH]c2ccccc2c1=O. The van der Waals surface area contributed by atoms with Crippen LogP contribution in [0.25, 0.3) is 10.9 Å². The molecule has 0 radical (unpaired) electrons. The molecule has 1 aromatic carbocycles. The van der Waals surface area contributed by atoms with Crippen molar-refractivity contribution in [1.29, 1.82) is 0 Å². The van der Waals surface area contributed by atoms with Crippen LogP contribution in [0.4, 0.5) is 0 Å². The minimum Gasteiger partial charge on any atom is -0.341 e. The second-order valence-electron chi connectivity index (χ2n) is 5.71. The predicted octanol–water partition coefficient (Wildman–Crippen LogP) is 1.26. The van der Waals surface area contributed by atoms with Gasteiger partial charge >= 0.3 is 5.69 Å². The number of nitrogens with one attached hydrogen (secondary N) is 1. The standard InChI is InChI=1S/C16H19N3O3/c1-11(14(20)18-9-5-2-6-10-18)19-15(21)12-7-3-4-8-13(12)17-16(19)22/h3-4,7-8,11H,2,5-6,9-10H2,1H3,(H,17,22). The van der Waals surface area contributed by atoms with E-state index in [-0.39, 0.29) is 5.91 Å². The lowest BCUT2D eigenvalue weighted by Crippen LogP contribution is -2.46. The fourth-order valence-corrected chi connectivity index (χ4v) is 3.02. The lowest BCUT2D eigenvalue weighted by molar-refractivity contribution is -0.135. The summed E-state index contributed by atoms with van der Waals surface area (Å²) in [4.78, 5) is 41.7. The van der Waals surface area contributed by atoms with Gasteiger partial charge in [-0.05, 0) is 38.3 Å². The molecule has 1 fully saturated rings. The number of para-hydroxylation sites is 1. The molecule has 1 unspecified atom stereocenters. The van der Waals surface area contributed by atoms with Crippen molar-refractivity contribution in [1.82, 2.24) is 14.5 Å². The predicted molar refractivity (Wildman–Crippen MR) is 84.0 cm³/mol. The zero-order chi connectivity index (χ0) is 15.7. The summed E-state index contributed by atoms with van der Waals surface area (Å²) in [5.41, 5.74) is -0.467. The van der Waals surface area contributed by atoms with E-state index < -0.39 is 17.3 Å². The highest BCUT2D eigenvalue weighted by Crippen LogP contribution is 2.14. The average molecular weight is 301 g/mol. The Morgan fingerprint density at radius 1 is 1.14 bits per heavy atom. The lowest BCUT2D eigenvalue weighted by atomic mass is 10.1. The largest absolute Gasteiger partial charge is 0.341 e. The summed E-state index contributed by atoms with van der Waals surface area (Å²) in [5, 5.41) is 0.417. The maximum absolute atomic E-state index is 12.6. The summed E-state index contributed by atoms with van der Waals surface area (Å²) >= 11 is 0. The van der Waals surface area contributed by atoms with E-state index in [2.05, 4.69) is 4.98 Å². The highest BCUT2D eigenvalue weighted by atomic mass is 16.2. The molecule has 1 N–H and O–H groups in total. The first kappa shape index (κ1) is 14.6. The van der Waals surface area contributed by atoms with E-state index in [1.807, 2.05) is 0 Å². The van der Waals surface area contributed by atoms with Crippen LogP contribution in [-0.2, 0) is 4.79 Å². The van der Waals surface area contributed by atoms with Crippen LogP contribution < -0.4 is 11.2 Å². The first-order valence-corrected chi connectivity index (χ1v) is 7.62. The number of amides is 1. The first-order chi connectivity index (χ1) is 10.6. The summed E-state index contributed by atoms with van der Waals surface area (Å²) < 4.78 is 1.03. The molecule has 22 heavy (non-hydrogen) atoms. The van der Waals surface area contributed by atoms with E-state index >= 15 is 0 Å². The molecule has 1 saturated heterocycles. The molecule has 1 aromatic heterocycles. The average Bonchev–Trinajstić information content (AvgIpc) is 2.55. The highest BCUT2D eigenvalue weighted by molar-refractivity contribution is 5.81. The molecule has 6 heteroatoms. The Bertz CT molecular complexity index is 815. The number of H-pyrrole nitrogens is 1. The Labute approximate surface area is 127 Å². The van der Waals surface area contributed by atoms with Crippen molar-refractivity contribution in [3.63, 3.8) is 0 Å². The van der Waals surface area contributed by atoms with Gasteiger partial charge in [0.15, 0.2) is 0 Å². The van der Waals surface area contributed by atoms with E-state index in [0.29, 0.717) is 24.0 Å². The van der Waals surface area contributed by atoms with E-state index in [1.54, 1.807) is 36.1 Å². The molecule has 1 amide bonds. The third-order valence-electron chi connectivity index (χ3n) is 4.25. The van der Waals surface area contributed by atoms with Crippen molar-refractivity contribution in [2.45, 2.75) is 32.2 Å². The van der Waals surface area contributed by atoms with E-state index in [4.69, 9.17) is 0 Å². The van der Waals surface area contributed by atoms with Crippen molar-refractivity contribution in [2.24, 2.45) is 0 Å². The molecule has 2 heterocycles. The number of fused-ring (bicyclic) bond motifs is 1. The van der Waals surface area contributed by atoms with Gasteiger partial charge in [-0.15, -0.1) is 0 Å². The van der Waals surface area contributed by atoms with E-state index in [0.717, 1.165) is 23.8 Å². The van der Waals surface area contributed by atoms with Gasteiger partial charge < -0.3 is 9.88 Å². The third-order valence-corrected chi connectivity index (χ3v) is 4.25. The number of likely N-dealkylation sites (tertiary alicyclic amines) is 1.